The zero-order chi connectivity index (χ0) is 18.0. The Morgan fingerprint density at radius 1 is 1.28 bits per heavy atom. The minimum atomic E-state index is -0.210. The normalized spacial score (nSPS) is 10.8. The Labute approximate surface area is 153 Å². The fourth-order valence-corrected chi connectivity index (χ4v) is 3.46. The Hall–Kier alpha value is -2.31. The van der Waals surface area contributed by atoms with Crippen LogP contribution in [0.5, 0.6) is 5.75 Å². The number of Topliss-reactive ketones (excluding diaryl/α,β-unsaturated/α-hetero) is 1. The predicted molar refractivity (Wildman–Crippen MR) is 100 cm³/mol. The lowest BCUT2D eigenvalue weighted by Gasteiger charge is -2.14. The molecular weight excluding hydrogens is 360 g/mol. The number of ketones is 1. The molecule has 128 valence electrons. The van der Waals surface area contributed by atoms with Gasteiger partial charge in [-0.3, -0.25) is 14.2 Å². The van der Waals surface area contributed by atoms with Crippen LogP contribution in [-0.4, -0.2) is 28.2 Å². The molecule has 0 saturated carbocycles. The minimum Gasteiger partial charge on any atom is -0.495 e. The lowest BCUT2D eigenvalue weighted by Crippen LogP contribution is -2.22. The number of carbonyl (C=O) groups is 1. The highest BCUT2D eigenvalue weighted by atomic mass is 35.5. The van der Waals surface area contributed by atoms with Crippen LogP contribution in [0.25, 0.3) is 16.6 Å². The maximum Gasteiger partial charge on any atom is 0.266 e. The molecule has 0 saturated heterocycles. The van der Waals surface area contributed by atoms with Gasteiger partial charge >= 0.3 is 0 Å². The molecule has 0 aliphatic heterocycles. The van der Waals surface area contributed by atoms with Crippen molar-refractivity contribution in [1.29, 1.82) is 0 Å². The summed E-state index contributed by atoms with van der Waals surface area (Å²) >= 11 is 7.43. The molecule has 0 fully saturated rings. The lowest BCUT2D eigenvalue weighted by atomic mass is 10.2. The molecule has 5 nitrogen and oxygen atoms in total. The third kappa shape index (κ3) is 3.55. The number of para-hydroxylation sites is 1. The summed E-state index contributed by atoms with van der Waals surface area (Å²) in [5, 5.41) is 1.34. The largest absolute Gasteiger partial charge is 0.495 e. The third-order valence-corrected chi connectivity index (χ3v) is 4.92. The average Bonchev–Trinajstić information content (AvgIpc) is 2.60. The highest BCUT2D eigenvalue weighted by Crippen LogP contribution is 2.28. The number of aromatic nitrogens is 2. The van der Waals surface area contributed by atoms with E-state index in [9.17, 15) is 9.59 Å². The van der Waals surface area contributed by atoms with Crippen molar-refractivity contribution in [1.82, 2.24) is 9.55 Å². The smallest absolute Gasteiger partial charge is 0.266 e. The van der Waals surface area contributed by atoms with Crippen LogP contribution in [-0.2, 0) is 4.79 Å². The number of hydrogen-bond donors (Lipinski definition) is 0. The molecule has 1 heterocycles. The maximum atomic E-state index is 13.0. The van der Waals surface area contributed by atoms with Crippen LogP contribution >= 0.6 is 23.4 Å². The van der Waals surface area contributed by atoms with Gasteiger partial charge in [0.1, 0.15) is 11.5 Å². The number of thioether (sulfide) groups is 1. The Bertz CT molecular complexity index is 1020. The zero-order valence-electron chi connectivity index (χ0n) is 13.7. The van der Waals surface area contributed by atoms with Gasteiger partial charge < -0.3 is 4.74 Å². The first kappa shape index (κ1) is 17.5. The molecule has 0 spiro atoms. The van der Waals surface area contributed by atoms with E-state index in [0.717, 1.165) is 0 Å². The second-order valence-electron chi connectivity index (χ2n) is 5.36. The molecule has 0 aliphatic carbocycles. The molecule has 2 aromatic carbocycles. The monoisotopic (exact) mass is 374 g/mol. The lowest BCUT2D eigenvalue weighted by molar-refractivity contribution is -0.114. The van der Waals surface area contributed by atoms with E-state index in [1.807, 2.05) is 6.07 Å². The van der Waals surface area contributed by atoms with Crippen LogP contribution in [0.2, 0.25) is 5.02 Å². The first-order valence-electron chi connectivity index (χ1n) is 7.49. The molecule has 0 unspecified atom stereocenters. The van der Waals surface area contributed by atoms with Crippen molar-refractivity contribution in [2.45, 2.75) is 12.1 Å². The molecule has 3 rings (SSSR count). The highest BCUT2D eigenvalue weighted by molar-refractivity contribution is 7.99. The Morgan fingerprint density at radius 2 is 2.04 bits per heavy atom. The van der Waals surface area contributed by atoms with E-state index in [1.54, 1.807) is 36.4 Å². The van der Waals surface area contributed by atoms with Gasteiger partial charge in [-0.15, -0.1) is 0 Å². The summed E-state index contributed by atoms with van der Waals surface area (Å²) < 4.78 is 6.63. The summed E-state index contributed by atoms with van der Waals surface area (Å²) in [6.45, 7) is 1.50. The summed E-state index contributed by atoms with van der Waals surface area (Å²) in [7, 11) is 1.53. The van der Waals surface area contributed by atoms with Crippen molar-refractivity contribution in [3.05, 3.63) is 57.8 Å². The molecule has 0 amide bonds. The summed E-state index contributed by atoms with van der Waals surface area (Å²) in [5.74, 6) is 0.756. The highest BCUT2D eigenvalue weighted by Gasteiger charge is 2.15. The number of benzene rings is 2. The SMILES string of the molecule is COc1ccc(-n2c(SCC(C)=O)nc3ccccc3c2=O)cc1Cl. The number of carbonyl (C=O) groups excluding carboxylic acids is 1. The number of rotatable bonds is 5. The van der Waals surface area contributed by atoms with E-state index in [-0.39, 0.29) is 17.1 Å². The molecule has 7 heteroatoms. The summed E-state index contributed by atoms with van der Waals surface area (Å²) in [6.07, 6.45) is 0. The third-order valence-electron chi connectivity index (χ3n) is 3.54. The van der Waals surface area contributed by atoms with E-state index in [0.29, 0.717) is 32.5 Å². The second kappa shape index (κ2) is 7.29. The van der Waals surface area contributed by atoms with Crippen molar-refractivity contribution < 1.29 is 9.53 Å². The molecule has 0 bridgehead atoms. The number of halogens is 1. The van der Waals surface area contributed by atoms with E-state index in [2.05, 4.69) is 4.98 Å². The molecule has 25 heavy (non-hydrogen) atoms. The Kier molecular flexibility index (Phi) is 5.11. The van der Waals surface area contributed by atoms with Crippen molar-refractivity contribution >= 4 is 40.0 Å². The number of fused-ring (bicyclic) bond motifs is 1. The molecule has 3 aromatic rings. The summed E-state index contributed by atoms with van der Waals surface area (Å²) in [5.41, 5.74) is 0.951. The molecule has 1 aromatic heterocycles. The van der Waals surface area contributed by atoms with E-state index >= 15 is 0 Å². The van der Waals surface area contributed by atoms with Gasteiger partial charge in [-0.25, -0.2) is 4.98 Å². The van der Waals surface area contributed by atoms with Crippen molar-refractivity contribution in [2.24, 2.45) is 0 Å². The Morgan fingerprint density at radius 3 is 2.72 bits per heavy atom. The standard InChI is InChI=1S/C18H15ClN2O3S/c1-11(22)10-25-18-20-15-6-4-3-5-13(15)17(23)21(18)12-7-8-16(24-2)14(19)9-12/h3-9H,10H2,1-2H3. The van der Waals surface area contributed by atoms with E-state index in [1.165, 1.54) is 30.4 Å². The minimum absolute atomic E-state index is 0.00622. The van der Waals surface area contributed by atoms with Crippen molar-refractivity contribution in [3.63, 3.8) is 0 Å². The fraction of sp³-hybridized carbons (Fsp3) is 0.167. The van der Waals surface area contributed by atoms with Crippen LogP contribution in [0.4, 0.5) is 0 Å². The number of ether oxygens (including phenoxy) is 1. The van der Waals surface area contributed by atoms with E-state index in [4.69, 9.17) is 16.3 Å². The van der Waals surface area contributed by atoms with Gasteiger partial charge in [0, 0.05) is 0 Å². The number of nitrogens with zero attached hydrogens (tertiary/aromatic N) is 2. The van der Waals surface area contributed by atoms with Gasteiger partial charge in [0.05, 0.1) is 34.5 Å². The molecule has 0 radical (unpaired) electrons. The van der Waals surface area contributed by atoms with Crippen molar-refractivity contribution in [3.8, 4) is 11.4 Å². The first-order chi connectivity index (χ1) is 12.0. The maximum absolute atomic E-state index is 13.0. The number of hydrogen-bond acceptors (Lipinski definition) is 5. The van der Waals surface area contributed by atoms with Crippen LogP contribution < -0.4 is 10.3 Å². The zero-order valence-corrected chi connectivity index (χ0v) is 15.2. The van der Waals surface area contributed by atoms with Gasteiger partial charge in [-0.2, -0.15) is 0 Å². The van der Waals surface area contributed by atoms with Gasteiger partial charge in [-0.1, -0.05) is 35.5 Å². The summed E-state index contributed by atoms with van der Waals surface area (Å²) in [4.78, 5) is 28.9. The Balaban J connectivity index is 2.25. The second-order valence-corrected chi connectivity index (χ2v) is 6.71. The quantitative estimate of drug-likeness (QED) is 0.503. The van der Waals surface area contributed by atoms with Crippen LogP contribution in [0.3, 0.4) is 0 Å². The van der Waals surface area contributed by atoms with Crippen molar-refractivity contribution in [2.75, 3.05) is 12.9 Å². The predicted octanol–water partition coefficient (Wildman–Crippen LogP) is 3.73. The van der Waals surface area contributed by atoms with Crippen LogP contribution in [0.1, 0.15) is 6.92 Å². The number of methoxy groups -OCH3 is 1. The van der Waals surface area contributed by atoms with Gasteiger partial charge in [-0.05, 0) is 37.3 Å². The van der Waals surface area contributed by atoms with Crippen LogP contribution in [0.15, 0.2) is 52.4 Å². The molecule has 0 aliphatic rings. The van der Waals surface area contributed by atoms with Gasteiger partial charge in [0.15, 0.2) is 5.16 Å². The van der Waals surface area contributed by atoms with E-state index < -0.39 is 0 Å². The van der Waals surface area contributed by atoms with Gasteiger partial charge in [0.2, 0.25) is 0 Å². The molecule has 0 atom stereocenters. The van der Waals surface area contributed by atoms with Crippen LogP contribution in [0, 0.1) is 0 Å². The van der Waals surface area contributed by atoms with Gasteiger partial charge in [0.25, 0.3) is 5.56 Å². The molecular formula is C18H15ClN2O3S. The average molecular weight is 375 g/mol. The fourth-order valence-electron chi connectivity index (χ4n) is 2.40. The first-order valence-corrected chi connectivity index (χ1v) is 8.85. The summed E-state index contributed by atoms with van der Waals surface area (Å²) in [6, 6.07) is 12.2. The molecule has 0 N–H and O–H groups in total. The topological polar surface area (TPSA) is 61.2 Å².